The monoisotopic (exact) mass is 242 g/mol. The number of piperidine rings is 1. The molecule has 0 aromatic heterocycles. The molecule has 1 rings (SSSR count). The first-order valence-corrected chi connectivity index (χ1v) is 5.32. The quantitative estimate of drug-likeness (QED) is 0.745. The minimum absolute atomic E-state index is 0.0931. The van der Waals surface area contributed by atoms with Gasteiger partial charge in [-0.25, -0.2) is 0 Å². The molecule has 0 aliphatic carbocycles. The lowest BCUT2D eigenvalue weighted by molar-refractivity contribution is 0.169. The number of nitriles is 1. The van der Waals surface area contributed by atoms with Crippen molar-refractivity contribution in [2.45, 2.75) is 19.8 Å². The molecule has 0 bridgehead atoms. The van der Waals surface area contributed by atoms with Gasteiger partial charge in [-0.2, -0.15) is 5.26 Å². The van der Waals surface area contributed by atoms with Gasteiger partial charge in [-0.3, -0.25) is 4.90 Å². The zero-order chi connectivity index (χ0) is 9.90. The molecule has 3 heteroatoms. The van der Waals surface area contributed by atoms with Gasteiger partial charge in [0.05, 0.1) is 11.5 Å². The first kappa shape index (κ1) is 10.7. The van der Waals surface area contributed by atoms with Crippen LogP contribution in [-0.4, -0.2) is 24.5 Å². The average Bonchev–Trinajstić information content (AvgIpc) is 2.09. The van der Waals surface area contributed by atoms with Crippen LogP contribution >= 0.6 is 15.9 Å². The maximum Gasteiger partial charge on any atom is 0.0687 e. The van der Waals surface area contributed by atoms with Gasteiger partial charge in [0.15, 0.2) is 0 Å². The predicted octanol–water partition coefficient (Wildman–Crippen LogP) is 2.52. The lowest BCUT2D eigenvalue weighted by Crippen LogP contribution is -2.38. The smallest absolute Gasteiger partial charge is 0.0687 e. The molecule has 0 radical (unpaired) electrons. The van der Waals surface area contributed by atoms with Crippen molar-refractivity contribution in [2.75, 3.05) is 19.6 Å². The molecule has 1 saturated heterocycles. The van der Waals surface area contributed by atoms with Crippen LogP contribution in [-0.2, 0) is 0 Å². The van der Waals surface area contributed by atoms with Crippen LogP contribution in [0.25, 0.3) is 0 Å². The molecule has 0 aromatic rings. The Morgan fingerprint density at radius 3 is 2.54 bits per heavy atom. The van der Waals surface area contributed by atoms with Crippen molar-refractivity contribution in [2.24, 2.45) is 5.41 Å². The number of rotatable bonds is 2. The highest BCUT2D eigenvalue weighted by Gasteiger charge is 2.29. The number of hydrogen-bond acceptors (Lipinski definition) is 2. The van der Waals surface area contributed by atoms with E-state index in [-0.39, 0.29) is 5.41 Å². The highest BCUT2D eigenvalue weighted by atomic mass is 79.9. The summed E-state index contributed by atoms with van der Waals surface area (Å²) in [7, 11) is 0. The van der Waals surface area contributed by atoms with E-state index in [4.69, 9.17) is 5.26 Å². The fourth-order valence-electron chi connectivity index (χ4n) is 1.56. The van der Waals surface area contributed by atoms with Crippen molar-refractivity contribution in [3.63, 3.8) is 0 Å². The van der Waals surface area contributed by atoms with E-state index in [1.807, 2.05) is 6.92 Å². The second-order valence-electron chi connectivity index (χ2n) is 3.97. The minimum atomic E-state index is -0.0931. The Labute approximate surface area is 88.3 Å². The molecular formula is C10H15BrN2. The third kappa shape index (κ3) is 3.13. The van der Waals surface area contributed by atoms with Crippen molar-refractivity contribution in [3.05, 3.63) is 11.1 Å². The van der Waals surface area contributed by atoms with Crippen LogP contribution in [0.5, 0.6) is 0 Å². The molecule has 0 spiro atoms. The Balaban J connectivity index is 2.40. The number of hydrogen-bond donors (Lipinski definition) is 0. The molecule has 13 heavy (non-hydrogen) atoms. The highest BCUT2D eigenvalue weighted by Crippen LogP contribution is 2.30. The Kier molecular flexibility index (Phi) is 3.52. The van der Waals surface area contributed by atoms with Crippen molar-refractivity contribution >= 4 is 15.9 Å². The standard InChI is InChI=1S/C10H15BrN2/c1-9(11)7-13-5-3-10(2,8-12)4-6-13/h1,3-7H2,2H3. The Bertz CT molecular complexity index is 234. The fourth-order valence-corrected chi connectivity index (χ4v) is 1.91. The lowest BCUT2D eigenvalue weighted by atomic mass is 9.82. The molecular weight excluding hydrogens is 228 g/mol. The first-order chi connectivity index (χ1) is 6.06. The fraction of sp³-hybridized carbons (Fsp3) is 0.700. The van der Waals surface area contributed by atoms with E-state index in [0.29, 0.717) is 0 Å². The molecule has 0 aromatic carbocycles. The Morgan fingerprint density at radius 2 is 2.15 bits per heavy atom. The summed E-state index contributed by atoms with van der Waals surface area (Å²) in [6.45, 7) is 8.79. The van der Waals surface area contributed by atoms with Crippen LogP contribution in [0.2, 0.25) is 0 Å². The third-order valence-electron chi connectivity index (χ3n) is 2.62. The molecule has 1 heterocycles. The maximum absolute atomic E-state index is 8.92. The molecule has 0 saturated carbocycles. The SMILES string of the molecule is C=C(Br)CN1CCC(C)(C#N)CC1. The van der Waals surface area contributed by atoms with Gasteiger partial charge in [-0.05, 0) is 19.8 Å². The maximum atomic E-state index is 8.92. The van der Waals surface area contributed by atoms with Gasteiger partial charge in [-0.1, -0.05) is 22.5 Å². The molecule has 0 amide bonds. The van der Waals surface area contributed by atoms with Crippen LogP contribution in [0.4, 0.5) is 0 Å². The summed E-state index contributed by atoms with van der Waals surface area (Å²) in [5.41, 5.74) is -0.0931. The molecule has 1 fully saturated rings. The van der Waals surface area contributed by atoms with Gasteiger partial charge in [0.25, 0.3) is 0 Å². The highest BCUT2D eigenvalue weighted by molar-refractivity contribution is 9.11. The van der Waals surface area contributed by atoms with E-state index in [1.54, 1.807) is 0 Å². The molecule has 72 valence electrons. The van der Waals surface area contributed by atoms with E-state index < -0.39 is 0 Å². The molecule has 1 aliphatic heterocycles. The van der Waals surface area contributed by atoms with Gasteiger partial charge < -0.3 is 0 Å². The summed E-state index contributed by atoms with van der Waals surface area (Å²) in [6, 6.07) is 2.39. The number of halogens is 1. The summed E-state index contributed by atoms with van der Waals surface area (Å²) in [4.78, 5) is 2.33. The number of nitrogens with zero attached hydrogens (tertiary/aromatic N) is 2. The topological polar surface area (TPSA) is 27.0 Å². The summed E-state index contributed by atoms with van der Waals surface area (Å²) in [5.74, 6) is 0. The normalized spacial score (nSPS) is 22.2. The predicted molar refractivity (Wildman–Crippen MR) is 57.5 cm³/mol. The number of likely N-dealkylation sites (tertiary alicyclic amines) is 1. The van der Waals surface area contributed by atoms with E-state index in [0.717, 1.165) is 37.0 Å². The molecule has 0 N–H and O–H groups in total. The van der Waals surface area contributed by atoms with E-state index in [9.17, 15) is 0 Å². The van der Waals surface area contributed by atoms with Crippen molar-refractivity contribution in [3.8, 4) is 6.07 Å². The zero-order valence-electron chi connectivity index (χ0n) is 8.02. The van der Waals surface area contributed by atoms with Gasteiger partial charge in [-0.15, -0.1) is 0 Å². The Hall–Kier alpha value is -0.330. The van der Waals surface area contributed by atoms with Crippen molar-refractivity contribution in [1.29, 1.82) is 5.26 Å². The van der Waals surface area contributed by atoms with Crippen LogP contribution in [0.15, 0.2) is 11.1 Å². The van der Waals surface area contributed by atoms with Crippen LogP contribution in [0, 0.1) is 16.7 Å². The van der Waals surface area contributed by atoms with E-state index >= 15 is 0 Å². The summed E-state index contributed by atoms with van der Waals surface area (Å²) in [5, 5.41) is 8.92. The van der Waals surface area contributed by atoms with E-state index in [2.05, 4.69) is 33.5 Å². The van der Waals surface area contributed by atoms with Gasteiger partial charge in [0.1, 0.15) is 0 Å². The van der Waals surface area contributed by atoms with Crippen molar-refractivity contribution < 1.29 is 0 Å². The molecule has 0 unspecified atom stereocenters. The van der Waals surface area contributed by atoms with Gasteiger partial charge >= 0.3 is 0 Å². The second kappa shape index (κ2) is 4.26. The van der Waals surface area contributed by atoms with E-state index in [1.165, 1.54) is 0 Å². The Morgan fingerprint density at radius 1 is 1.62 bits per heavy atom. The van der Waals surface area contributed by atoms with Crippen LogP contribution < -0.4 is 0 Å². The average molecular weight is 243 g/mol. The summed E-state index contributed by atoms with van der Waals surface area (Å²) >= 11 is 3.35. The second-order valence-corrected chi connectivity index (χ2v) is 5.09. The minimum Gasteiger partial charge on any atom is -0.298 e. The molecule has 2 nitrogen and oxygen atoms in total. The van der Waals surface area contributed by atoms with Crippen LogP contribution in [0.1, 0.15) is 19.8 Å². The molecule has 0 atom stereocenters. The molecule has 1 aliphatic rings. The van der Waals surface area contributed by atoms with Crippen molar-refractivity contribution in [1.82, 2.24) is 4.90 Å². The van der Waals surface area contributed by atoms with Gasteiger partial charge in [0, 0.05) is 24.1 Å². The zero-order valence-corrected chi connectivity index (χ0v) is 9.60. The first-order valence-electron chi connectivity index (χ1n) is 4.53. The lowest BCUT2D eigenvalue weighted by Gasteiger charge is -2.34. The third-order valence-corrected chi connectivity index (χ3v) is 2.88. The van der Waals surface area contributed by atoms with Crippen LogP contribution in [0.3, 0.4) is 0 Å². The summed E-state index contributed by atoms with van der Waals surface area (Å²) < 4.78 is 1.02. The van der Waals surface area contributed by atoms with Gasteiger partial charge in [0.2, 0.25) is 0 Å². The summed E-state index contributed by atoms with van der Waals surface area (Å²) in [6.07, 6.45) is 1.95. The largest absolute Gasteiger partial charge is 0.298 e.